The zero-order chi connectivity index (χ0) is 10.6. The number of nitrogens with zero attached hydrogens (tertiary/aromatic N) is 4. The lowest BCUT2D eigenvalue weighted by Crippen LogP contribution is -2.30. The molecule has 1 aromatic heterocycles. The molecule has 0 atom stereocenters. The van der Waals surface area contributed by atoms with Crippen molar-refractivity contribution in [2.45, 2.75) is 13.8 Å². The van der Waals surface area contributed by atoms with E-state index in [0.29, 0.717) is 0 Å². The van der Waals surface area contributed by atoms with E-state index in [1.165, 1.54) is 26.2 Å². The molecule has 0 bridgehead atoms. The van der Waals surface area contributed by atoms with Crippen molar-refractivity contribution in [2.75, 3.05) is 5.32 Å². The molecule has 1 heterocycles. The van der Waals surface area contributed by atoms with Crippen molar-refractivity contribution in [3.8, 4) is 6.07 Å². The average Bonchev–Trinajstić information content (AvgIpc) is 2.19. The molecule has 0 aliphatic carbocycles. The van der Waals surface area contributed by atoms with Gasteiger partial charge in [0.25, 0.3) is 0 Å². The topological polar surface area (TPSA) is 91.6 Å². The van der Waals surface area contributed by atoms with Gasteiger partial charge in [-0.05, 0) is 13.8 Å². The van der Waals surface area contributed by atoms with Gasteiger partial charge in [0.15, 0.2) is 0 Å². The van der Waals surface area contributed by atoms with Gasteiger partial charge in [-0.1, -0.05) is 0 Å². The molecule has 6 nitrogen and oxygen atoms in total. The van der Waals surface area contributed by atoms with Crippen LogP contribution in [0.15, 0.2) is 12.4 Å². The second-order valence-corrected chi connectivity index (χ2v) is 3.16. The highest BCUT2D eigenvalue weighted by atomic mass is 16.2. The second kappa shape index (κ2) is 3.79. The normalized spacial score (nSPS) is 10.4. The van der Waals surface area contributed by atoms with E-state index in [-0.39, 0.29) is 5.95 Å². The molecule has 1 rings (SSSR count). The van der Waals surface area contributed by atoms with Gasteiger partial charge < -0.3 is 0 Å². The maximum absolute atomic E-state index is 11.4. The Labute approximate surface area is 81.0 Å². The van der Waals surface area contributed by atoms with E-state index in [4.69, 9.17) is 5.26 Å². The minimum Gasteiger partial charge on any atom is -0.292 e. The number of rotatable bonds is 2. The van der Waals surface area contributed by atoms with Crippen LogP contribution in [0.25, 0.3) is 0 Å². The Hall–Kier alpha value is -2.03. The van der Waals surface area contributed by atoms with Gasteiger partial charge in [-0.15, -0.1) is 5.10 Å². The van der Waals surface area contributed by atoms with Gasteiger partial charge in [-0.3, -0.25) is 10.1 Å². The third kappa shape index (κ3) is 2.23. The van der Waals surface area contributed by atoms with Crippen LogP contribution >= 0.6 is 0 Å². The number of amides is 1. The maximum atomic E-state index is 11.4. The van der Waals surface area contributed by atoms with E-state index in [1.54, 1.807) is 0 Å². The number of nitrogens with one attached hydrogen (secondary N) is 1. The fraction of sp³-hybridized carbons (Fsp3) is 0.375. The van der Waals surface area contributed by atoms with Crippen molar-refractivity contribution in [1.29, 1.82) is 5.26 Å². The molecule has 0 unspecified atom stereocenters. The molecule has 1 N–H and O–H groups in total. The molecule has 1 aromatic rings. The van der Waals surface area contributed by atoms with Crippen molar-refractivity contribution in [3.05, 3.63) is 12.4 Å². The minimum atomic E-state index is -1.10. The lowest BCUT2D eigenvalue weighted by Gasteiger charge is -2.12. The first-order valence-electron chi connectivity index (χ1n) is 3.92. The van der Waals surface area contributed by atoms with Crippen molar-refractivity contribution in [1.82, 2.24) is 15.2 Å². The SMILES string of the molecule is CC(C)(C#N)C(=O)Nc1nccnn1. The molecule has 0 aliphatic heterocycles. The van der Waals surface area contributed by atoms with Crippen molar-refractivity contribution in [3.63, 3.8) is 0 Å². The molecular formula is C8H9N5O. The number of nitriles is 1. The monoisotopic (exact) mass is 191 g/mol. The van der Waals surface area contributed by atoms with Gasteiger partial charge in [0.2, 0.25) is 11.9 Å². The molecule has 0 aliphatic rings. The number of carbonyl (C=O) groups is 1. The molecule has 1 amide bonds. The van der Waals surface area contributed by atoms with Crippen LogP contribution in [0.4, 0.5) is 5.95 Å². The van der Waals surface area contributed by atoms with Crippen molar-refractivity contribution < 1.29 is 4.79 Å². The molecule has 14 heavy (non-hydrogen) atoms. The van der Waals surface area contributed by atoms with Gasteiger partial charge in [-0.25, -0.2) is 4.98 Å². The van der Waals surface area contributed by atoms with Crippen LogP contribution in [-0.4, -0.2) is 21.1 Å². The summed E-state index contributed by atoms with van der Waals surface area (Å²) in [5.41, 5.74) is -1.10. The second-order valence-electron chi connectivity index (χ2n) is 3.16. The summed E-state index contributed by atoms with van der Waals surface area (Å²) in [7, 11) is 0. The minimum absolute atomic E-state index is 0.0980. The quantitative estimate of drug-likeness (QED) is 0.728. The first-order chi connectivity index (χ1) is 6.56. The third-order valence-corrected chi connectivity index (χ3v) is 1.56. The van der Waals surface area contributed by atoms with E-state index in [9.17, 15) is 4.79 Å². The van der Waals surface area contributed by atoms with Crippen LogP contribution in [-0.2, 0) is 4.79 Å². The van der Waals surface area contributed by atoms with E-state index >= 15 is 0 Å². The van der Waals surface area contributed by atoms with Crippen LogP contribution in [0, 0.1) is 16.7 Å². The lowest BCUT2D eigenvalue weighted by molar-refractivity contribution is -0.121. The number of hydrogen-bond acceptors (Lipinski definition) is 5. The summed E-state index contributed by atoms with van der Waals surface area (Å²) >= 11 is 0. The fourth-order valence-electron chi connectivity index (χ4n) is 0.613. The fourth-order valence-corrected chi connectivity index (χ4v) is 0.613. The summed E-state index contributed by atoms with van der Waals surface area (Å²) in [6.45, 7) is 3.03. The molecule has 6 heteroatoms. The summed E-state index contributed by atoms with van der Waals surface area (Å²) in [6.07, 6.45) is 2.80. The molecule has 72 valence electrons. The van der Waals surface area contributed by atoms with Gasteiger partial charge in [0, 0.05) is 0 Å². The van der Waals surface area contributed by atoms with E-state index < -0.39 is 11.3 Å². The highest BCUT2D eigenvalue weighted by Gasteiger charge is 2.27. The van der Waals surface area contributed by atoms with Crippen LogP contribution in [0.1, 0.15) is 13.8 Å². The largest absolute Gasteiger partial charge is 0.292 e. The summed E-state index contributed by atoms with van der Waals surface area (Å²) in [6, 6.07) is 1.87. The Morgan fingerprint density at radius 3 is 2.79 bits per heavy atom. The standard InChI is InChI=1S/C8H9N5O/c1-8(2,5-9)6(14)12-7-10-3-4-11-13-7/h3-4H,1-2H3,(H,10,12,13,14). The van der Waals surface area contributed by atoms with E-state index in [1.807, 2.05) is 6.07 Å². The van der Waals surface area contributed by atoms with Gasteiger partial charge in [0.05, 0.1) is 18.5 Å². The van der Waals surface area contributed by atoms with E-state index in [2.05, 4.69) is 20.5 Å². The van der Waals surface area contributed by atoms with Gasteiger partial charge in [0.1, 0.15) is 5.41 Å². The highest BCUT2D eigenvalue weighted by molar-refractivity contribution is 5.95. The highest BCUT2D eigenvalue weighted by Crippen LogP contribution is 2.14. The van der Waals surface area contributed by atoms with Crippen molar-refractivity contribution in [2.24, 2.45) is 5.41 Å². The number of hydrogen-bond donors (Lipinski definition) is 1. The summed E-state index contributed by atoms with van der Waals surface area (Å²) in [5.74, 6) is -0.353. The average molecular weight is 191 g/mol. The summed E-state index contributed by atoms with van der Waals surface area (Å²) in [5, 5.41) is 18.2. The summed E-state index contributed by atoms with van der Waals surface area (Å²) in [4.78, 5) is 15.2. The van der Waals surface area contributed by atoms with E-state index in [0.717, 1.165) is 0 Å². The van der Waals surface area contributed by atoms with Gasteiger partial charge in [-0.2, -0.15) is 10.4 Å². The first kappa shape index (κ1) is 10.1. The predicted molar refractivity (Wildman–Crippen MR) is 47.9 cm³/mol. The smallest absolute Gasteiger partial charge is 0.249 e. The molecule has 0 aromatic carbocycles. The number of anilines is 1. The molecule has 0 saturated heterocycles. The predicted octanol–water partition coefficient (Wildman–Crippen LogP) is 0.360. The van der Waals surface area contributed by atoms with Crippen LogP contribution < -0.4 is 5.32 Å². The number of aromatic nitrogens is 3. The third-order valence-electron chi connectivity index (χ3n) is 1.56. The summed E-state index contributed by atoms with van der Waals surface area (Å²) < 4.78 is 0. The first-order valence-corrected chi connectivity index (χ1v) is 3.92. The lowest BCUT2D eigenvalue weighted by atomic mass is 9.95. The molecular weight excluding hydrogens is 182 g/mol. The Kier molecular flexibility index (Phi) is 2.72. The molecule has 0 radical (unpaired) electrons. The Balaban J connectivity index is 2.73. The molecule has 0 fully saturated rings. The van der Waals surface area contributed by atoms with Crippen LogP contribution in [0.2, 0.25) is 0 Å². The Morgan fingerprint density at radius 2 is 2.29 bits per heavy atom. The van der Waals surface area contributed by atoms with Gasteiger partial charge >= 0.3 is 0 Å². The van der Waals surface area contributed by atoms with Crippen molar-refractivity contribution >= 4 is 11.9 Å². The van der Waals surface area contributed by atoms with Crippen LogP contribution in [0.3, 0.4) is 0 Å². The molecule has 0 spiro atoms. The Bertz CT molecular complexity index is 367. The number of carbonyl (C=O) groups excluding carboxylic acids is 1. The maximum Gasteiger partial charge on any atom is 0.249 e. The zero-order valence-corrected chi connectivity index (χ0v) is 7.85. The Morgan fingerprint density at radius 1 is 1.57 bits per heavy atom. The van der Waals surface area contributed by atoms with Crippen LogP contribution in [0.5, 0.6) is 0 Å². The zero-order valence-electron chi connectivity index (χ0n) is 7.85. The molecule has 0 saturated carbocycles.